The second-order valence-electron chi connectivity index (χ2n) is 4.09. The molecule has 0 spiro atoms. The van der Waals surface area contributed by atoms with E-state index in [0.29, 0.717) is 18.5 Å². The Balaban J connectivity index is 2.24. The van der Waals surface area contributed by atoms with Crippen molar-refractivity contribution in [3.63, 3.8) is 0 Å². The van der Waals surface area contributed by atoms with Crippen LogP contribution in [0.2, 0.25) is 0 Å². The topological polar surface area (TPSA) is 58.6 Å². The van der Waals surface area contributed by atoms with Crippen LogP contribution in [-0.2, 0) is 4.79 Å². The lowest BCUT2D eigenvalue weighted by atomic mass is 9.99. The molecular formula is C12H14FNO3. The number of aliphatic carboxylic acids is 1. The molecule has 0 aromatic heterocycles. The van der Waals surface area contributed by atoms with E-state index in [1.54, 1.807) is 12.1 Å². The molecule has 5 heteroatoms. The third-order valence-corrected chi connectivity index (χ3v) is 3.06. The van der Waals surface area contributed by atoms with E-state index in [1.807, 2.05) is 0 Å². The number of ether oxygens (including phenoxy) is 1. The monoisotopic (exact) mass is 239 g/mol. The first kappa shape index (κ1) is 11.9. The zero-order valence-corrected chi connectivity index (χ0v) is 9.44. The normalized spacial score (nSPS) is 23.6. The van der Waals surface area contributed by atoms with Gasteiger partial charge < -0.3 is 15.2 Å². The number of rotatable bonds is 3. The molecule has 0 amide bonds. The number of benzene rings is 1. The zero-order valence-electron chi connectivity index (χ0n) is 9.44. The molecule has 2 N–H and O–H groups in total. The van der Waals surface area contributed by atoms with Gasteiger partial charge in [0.2, 0.25) is 0 Å². The van der Waals surface area contributed by atoms with Crippen LogP contribution in [-0.4, -0.2) is 24.7 Å². The number of carboxylic acid groups (broad SMARTS) is 1. The molecule has 2 atom stereocenters. The van der Waals surface area contributed by atoms with E-state index in [0.717, 1.165) is 0 Å². The van der Waals surface area contributed by atoms with Gasteiger partial charge in [-0.25, -0.2) is 4.39 Å². The number of hydrogen-bond donors (Lipinski definition) is 2. The highest BCUT2D eigenvalue weighted by atomic mass is 19.1. The standard InChI is InChI=1S/C12H14FNO3/c1-17-11-8(3-2-4-9(11)13)10-5-7(6-14-10)12(15)16/h2-4,7,10,14H,5-6H2,1H3,(H,15,16). The van der Waals surface area contributed by atoms with Crippen LogP contribution in [0.4, 0.5) is 4.39 Å². The van der Waals surface area contributed by atoms with E-state index in [9.17, 15) is 9.18 Å². The van der Waals surface area contributed by atoms with E-state index in [4.69, 9.17) is 9.84 Å². The Morgan fingerprint density at radius 2 is 2.35 bits per heavy atom. The van der Waals surface area contributed by atoms with Gasteiger partial charge in [0.1, 0.15) is 0 Å². The average molecular weight is 239 g/mol. The molecule has 1 heterocycles. The summed E-state index contributed by atoms with van der Waals surface area (Å²) in [4.78, 5) is 10.9. The molecule has 4 nitrogen and oxygen atoms in total. The van der Waals surface area contributed by atoms with Gasteiger partial charge in [-0.2, -0.15) is 0 Å². The van der Waals surface area contributed by atoms with Crippen LogP contribution in [0.3, 0.4) is 0 Å². The van der Waals surface area contributed by atoms with Crippen LogP contribution in [0.5, 0.6) is 5.75 Å². The van der Waals surface area contributed by atoms with Crippen molar-refractivity contribution in [2.75, 3.05) is 13.7 Å². The molecule has 1 saturated heterocycles. The van der Waals surface area contributed by atoms with Crippen LogP contribution in [0.25, 0.3) is 0 Å². The summed E-state index contributed by atoms with van der Waals surface area (Å²) in [5.41, 5.74) is 0.677. The van der Waals surface area contributed by atoms with Gasteiger partial charge in [0.15, 0.2) is 11.6 Å². The van der Waals surface area contributed by atoms with Crippen LogP contribution in [0, 0.1) is 11.7 Å². The molecule has 0 radical (unpaired) electrons. The van der Waals surface area contributed by atoms with E-state index >= 15 is 0 Å². The minimum Gasteiger partial charge on any atom is -0.493 e. The Labute approximate surface area is 98.4 Å². The predicted molar refractivity (Wildman–Crippen MR) is 59.4 cm³/mol. The first-order valence-electron chi connectivity index (χ1n) is 5.42. The number of hydrogen-bond acceptors (Lipinski definition) is 3. The minimum absolute atomic E-state index is 0.165. The molecule has 92 valence electrons. The lowest BCUT2D eigenvalue weighted by Crippen LogP contribution is -2.17. The van der Waals surface area contributed by atoms with Crippen molar-refractivity contribution in [3.05, 3.63) is 29.6 Å². The second-order valence-corrected chi connectivity index (χ2v) is 4.09. The fraction of sp³-hybridized carbons (Fsp3) is 0.417. The largest absolute Gasteiger partial charge is 0.493 e. The molecule has 0 saturated carbocycles. The molecule has 0 aliphatic carbocycles. The molecule has 1 aromatic rings. The molecule has 1 aliphatic heterocycles. The van der Waals surface area contributed by atoms with Gasteiger partial charge >= 0.3 is 5.97 Å². The Morgan fingerprint density at radius 3 is 2.94 bits per heavy atom. The molecular weight excluding hydrogens is 225 g/mol. The summed E-state index contributed by atoms with van der Waals surface area (Å²) in [7, 11) is 1.41. The van der Waals surface area contributed by atoms with Gasteiger partial charge in [-0.1, -0.05) is 12.1 Å². The van der Waals surface area contributed by atoms with Gasteiger partial charge in [-0.3, -0.25) is 4.79 Å². The number of halogens is 1. The molecule has 2 rings (SSSR count). The highest BCUT2D eigenvalue weighted by Gasteiger charge is 2.32. The number of carbonyl (C=O) groups is 1. The third kappa shape index (κ3) is 2.24. The van der Waals surface area contributed by atoms with Crippen molar-refractivity contribution in [3.8, 4) is 5.75 Å². The Morgan fingerprint density at radius 1 is 1.59 bits per heavy atom. The fourth-order valence-electron chi connectivity index (χ4n) is 2.18. The summed E-state index contributed by atoms with van der Waals surface area (Å²) in [6.45, 7) is 0.402. The first-order valence-corrected chi connectivity index (χ1v) is 5.42. The number of carboxylic acids is 1. The van der Waals surface area contributed by atoms with Gasteiger partial charge in [0.05, 0.1) is 13.0 Å². The van der Waals surface area contributed by atoms with Crippen molar-refractivity contribution in [1.29, 1.82) is 0 Å². The number of para-hydroxylation sites is 1. The molecule has 1 aliphatic rings. The van der Waals surface area contributed by atoms with Crippen LogP contribution < -0.4 is 10.1 Å². The van der Waals surface area contributed by atoms with Gasteiger partial charge in [0.25, 0.3) is 0 Å². The van der Waals surface area contributed by atoms with Crippen molar-refractivity contribution in [2.45, 2.75) is 12.5 Å². The smallest absolute Gasteiger partial charge is 0.307 e. The molecule has 2 unspecified atom stereocenters. The highest BCUT2D eigenvalue weighted by molar-refractivity contribution is 5.71. The van der Waals surface area contributed by atoms with Crippen molar-refractivity contribution in [1.82, 2.24) is 5.32 Å². The molecule has 1 aromatic carbocycles. The van der Waals surface area contributed by atoms with E-state index in [-0.39, 0.29) is 11.8 Å². The van der Waals surface area contributed by atoms with Gasteiger partial charge in [0, 0.05) is 18.2 Å². The van der Waals surface area contributed by atoms with E-state index < -0.39 is 17.7 Å². The van der Waals surface area contributed by atoms with Gasteiger partial charge in [-0.05, 0) is 12.5 Å². The van der Waals surface area contributed by atoms with Crippen LogP contribution >= 0.6 is 0 Å². The maximum Gasteiger partial charge on any atom is 0.307 e. The summed E-state index contributed by atoms with van der Waals surface area (Å²) in [5, 5.41) is 12.0. The average Bonchev–Trinajstić information content (AvgIpc) is 2.77. The quantitative estimate of drug-likeness (QED) is 0.840. The SMILES string of the molecule is COc1c(F)cccc1C1CC(C(=O)O)CN1. The predicted octanol–water partition coefficient (Wildman–Crippen LogP) is 1.57. The molecule has 17 heavy (non-hydrogen) atoms. The van der Waals surface area contributed by atoms with Crippen LogP contribution in [0.15, 0.2) is 18.2 Å². The zero-order chi connectivity index (χ0) is 12.4. The summed E-state index contributed by atoms with van der Waals surface area (Å²) < 4.78 is 18.5. The minimum atomic E-state index is -0.824. The summed E-state index contributed by atoms with van der Waals surface area (Å²) in [6, 6.07) is 4.51. The summed E-state index contributed by atoms with van der Waals surface area (Å²) in [6.07, 6.45) is 0.454. The lowest BCUT2D eigenvalue weighted by Gasteiger charge is -2.15. The Bertz CT molecular complexity index is 436. The Hall–Kier alpha value is -1.62. The van der Waals surface area contributed by atoms with Crippen molar-refractivity contribution < 1.29 is 19.0 Å². The van der Waals surface area contributed by atoms with Crippen molar-refractivity contribution in [2.24, 2.45) is 5.92 Å². The lowest BCUT2D eigenvalue weighted by molar-refractivity contribution is -0.141. The molecule has 0 bridgehead atoms. The van der Waals surface area contributed by atoms with E-state index in [2.05, 4.69) is 5.32 Å². The van der Waals surface area contributed by atoms with E-state index in [1.165, 1.54) is 13.2 Å². The maximum absolute atomic E-state index is 13.5. The second kappa shape index (κ2) is 4.71. The first-order chi connectivity index (χ1) is 8.13. The highest BCUT2D eigenvalue weighted by Crippen LogP contribution is 2.34. The van der Waals surface area contributed by atoms with Crippen molar-refractivity contribution >= 4 is 5.97 Å². The number of methoxy groups -OCH3 is 1. The summed E-state index contributed by atoms with van der Waals surface area (Å²) >= 11 is 0. The molecule has 1 fully saturated rings. The summed E-state index contributed by atoms with van der Waals surface area (Å²) in [5.74, 6) is -1.48. The Kier molecular flexibility index (Phi) is 3.28. The maximum atomic E-state index is 13.5. The fourth-order valence-corrected chi connectivity index (χ4v) is 2.18. The van der Waals surface area contributed by atoms with Crippen LogP contribution in [0.1, 0.15) is 18.0 Å². The number of nitrogens with one attached hydrogen (secondary N) is 1. The third-order valence-electron chi connectivity index (χ3n) is 3.06. The van der Waals surface area contributed by atoms with Gasteiger partial charge in [-0.15, -0.1) is 0 Å².